The lowest BCUT2D eigenvalue weighted by atomic mass is 10.1. The molecule has 0 fully saturated rings. The average Bonchev–Trinajstić information content (AvgIpc) is 2.97. The molecule has 8 heteroatoms. The van der Waals surface area contributed by atoms with Crippen LogP contribution < -0.4 is 10.6 Å². The number of benzene rings is 1. The number of anilines is 1. The highest BCUT2D eigenvalue weighted by molar-refractivity contribution is 7.80. The van der Waals surface area contributed by atoms with Gasteiger partial charge < -0.3 is 10.6 Å². The van der Waals surface area contributed by atoms with E-state index in [1.165, 1.54) is 11.3 Å². The minimum atomic E-state index is -0.308. The first-order chi connectivity index (χ1) is 9.79. The molecule has 0 aliphatic carbocycles. The average molecular weight is 304 g/mol. The molecule has 0 saturated carbocycles. The largest absolute Gasteiger partial charge is 0.362 e. The van der Waals surface area contributed by atoms with Crippen molar-refractivity contribution in [1.82, 2.24) is 10.3 Å². The molecule has 1 unspecified atom stereocenters. The smallest absolute Gasteiger partial charge is 0.188 e. The van der Waals surface area contributed by atoms with E-state index in [0.29, 0.717) is 11.7 Å². The van der Waals surface area contributed by atoms with Crippen LogP contribution in [0.3, 0.4) is 0 Å². The Labute approximate surface area is 125 Å². The number of nitrogens with zero attached hydrogens (tertiary/aromatic N) is 4. The second-order valence-electron chi connectivity index (χ2n) is 3.80. The second-order valence-corrected chi connectivity index (χ2v) is 5.11. The van der Waals surface area contributed by atoms with E-state index in [1.54, 1.807) is 6.20 Å². The molecule has 1 heterocycles. The third-order valence-electron chi connectivity index (χ3n) is 2.48. The SMILES string of the molecule is [N-]=[N+]=NC(CNC(=S)Nc1nccs1)c1ccccc1. The molecule has 102 valence electrons. The Morgan fingerprint density at radius 1 is 1.45 bits per heavy atom. The Morgan fingerprint density at radius 2 is 2.25 bits per heavy atom. The van der Waals surface area contributed by atoms with E-state index in [2.05, 4.69) is 25.6 Å². The van der Waals surface area contributed by atoms with Gasteiger partial charge in [-0.05, 0) is 23.3 Å². The summed E-state index contributed by atoms with van der Waals surface area (Å²) in [6.07, 6.45) is 1.70. The first-order valence-electron chi connectivity index (χ1n) is 5.83. The van der Waals surface area contributed by atoms with Crippen LogP contribution in [0.2, 0.25) is 0 Å². The van der Waals surface area contributed by atoms with Crippen LogP contribution >= 0.6 is 23.6 Å². The van der Waals surface area contributed by atoms with Gasteiger partial charge in [0, 0.05) is 23.0 Å². The van der Waals surface area contributed by atoms with Crippen LogP contribution in [0.5, 0.6) is 0 Å². The van der Waals surface area contributed by atoms with Crippen LogP contribution in [0.15, 0.2) is 47.0 Å². The van der Waals surface area contributed by atoms with Crippen LogP contribution in [0.1, 0.15) is 11.6 Å². The molecule has 0 amide bonds. The molecular formula is C12H12N6S2. The maximum absolute atomic E-state index is 8.64. The molecule has 0 spiro atoms. The number of thiocarbonyl (C=S) groups is 1. The highest BCUT2D eigenvalue weighted by Gasteiger charge is 2.09. The number of thiazole rings is 1. The molecule has 1 aromatic heterocycles. The maximum atomic E-state index is 8.64. The Balaban J connectivity index is 1.92. The van der Waals surface area contributed by atoms with Gasteiger partial charge in [-0.2, -0.15) is 0 Å². The van der Waals surface area contributed by atoms with Crippen molar-refractivity contribution >= 4 is 33.8 Å². The molecule has 2 aromatic rings. The van der Waals surface area contributed by atoms with Crippen LogP contribution in [0, 0.1) is 0 Å². The first kappa shape index (κ1) is 14.3. The third-order valence-corrected chi connectivity index (χ3v) is 3.42. The fourth-order valence-corrected chi connectivity index (χ4v) is 2.36. The lowest BCUT2D eigenvalue weighted by Gasteiger charge is -2.14. The molecule has 2 N–H and O–H groups in total. The van der Waals surface area contributed by atoms with E-state index >= 15 is 0 Å². The zero-order valence-electron chi connectivity index (χ0n) is 10.4. The first-order valence-corrected chi connectivity index (χ1v) is 7.12. The minimum Gasteiger partial charge on any atom is -0.362 e. The van der Waals surface area contributed by atoms with Gasteiger partial charge in [-0.1, -0.05) is 35.4 Å². The third kappa shape index (κ3) is 4.20. The molecule has 0 radical (unpaired) electrons. The number of azide groups is 1. The topological polar surface area (TPSA) is 85.7 Å². The lowest BCUT2D eigenvalue weighted by Crippen LogP contribution is -2.31. The van der Waals surface area contributed by atoms with E-state index in [0.717, 1.165) is 10.7 Å². The summed E-state index contributed by atoms with van der Waals surface area (Å²) in [6, 6.07) is 9.25. The fourth-order valence-electron chi connectivity index (χ4n) is 1.58. The van der Waals surface area contributed by atoms with Crippen molar-refractivity contribution in [1.29, 1.82) is 0 Å². The standard InChI is InChI=1S/C12H12N6S2/c13-18-17-10(9-4-2-1-3-5-9)8-15-11(19)16-12-14-6-7-20-12/h1-7,10H,8H2,(H2,14,15,16,19). The summed E-state index contributed by atoms with van der Waals surface area (Å²) in [5.74, 6) is 0. The van der Waals surface area contributed by atoms with E-state index in [-0.39, 0.29) is 6.04 Å². The molecule has 1 atom stereocenters. The van der Waals surface area contributed by atoms with Gasteiger partial charge in [0.2, 0.25) is 0 Å². The van der Waals surface area contributed by atoms with Crippen molar-refractivity contribution in [3.05, 3.63) is 57.9 Å². The molecule has 0 bridgehead atoms. The summed E-state index contributed by atoms with van der Waals surface area (Å²) in [5.41, 5.74) is 9.58. The summed E-state index contributed by atoms with van der Waals surface area (Å²) in [7, 11) is 0. The predicted molar refractivity (Wildman–Crippen MR) is 84.7 cm³/mol. The molecule has 0 saturated heterocycles. The number of hydrogen-bond acceptors (Lipinski definition) is 4. The highest BCUT2D eigenvalue weighted by Crippen LogP contribution is 2.16. The van der Waals surface area contributed by atoms with Crippen molar-refractivity contribution in [2.24, 2.45) is 5.11 Å². The van der Waals surface area contributed by atoms with E-state index in [9.17, 15) is 0 Å². The van der Waals surface area contributed by atoms with Gasteiger partial charge in [-0.25, -0.2) is 4.98 Å². The van der Waals surface area contributed by atoms with Gasteiger partial charge in [0.25, 0.3) is 0 Å². The quantitative estimate of drug-likeness (QED) is 0.383. The Kier molecular flexibility index (Phi) is 5.31. The number of rotatable bonds is 5. The fraction of sp³-hybridized carbons (Fsp3) is 0.167. The van der Waals surface area contributed by atoms with Crippen LogP contribution in [-0.2, 0) is 0 Å². The molecule has 0 aliphatic rings. The number of aromatic nitrogens is 1. The monoisotopic (exact) mass is 304 g/mol. The molecular weight excluding hydrogens is 292 g/mol. The lowest BCUT2D eigenvalue weighted by molar-refractivity contribution is 0.688. The van der Waals surface area contributed by atoms with Gasteiger partial charge in [0.05, 0.1) is 6.04 Å². The normalized spacial score (nSPS) is 11.2. The zero-order chi connectivity index (χ0) is 14.2. The van der Waals surface area contributed by atoms with E-state index in [1.807, 2.05) is 35.7 Å². The Bertz CT molecular complexity index is 592. The molecule has 2 rings (SSSR count). The summed E-state index contributed by atoms with van der Waals surface area (Å²) in [4.78, 5) is 6.95. The van der Waals surface area contributed by atoms with E-state index < -0.39 is 0 Å². The summed E-state index contributed by atoms with van der Waals surface area (Å²) in [6.45, 7) is 0.422. The Hall–Kier alpha value is -2.15. The zero-order valence-corrected chi connectivity index (χ0v) is 12.1. The number of nitrogens with one attached hydrogen (secondary N) is 2. The summed E-state index contributed by atoms with van der Waals surface area (Å²) in [5, 5.41) is 12.8. The van der Waals surface area contributed by atoms with Crippen molar-refractivity contribution in [2.45, 2.75) is 6.04 Å². The maximum Gasteiger partial charge on any atom is 0.188 e. The van der Waals surface area contributed by atoms with E-state index in [4.69, 9.17) is 17.7 Å². The summed E-state index contributed by atoms with van der Waals surface area (Å²) < 4.78 is 0. The molecule has 20 heavy (non-hydrogen) atoms. The summed E-state index contributed by atoms with van der Waals surface area (Å²) >= 11 is 6.62. The van der Waals surface area contributed by atoms with Gasteiger partial charge in [0.15, 0.2) is 10.2 Å². The van der Waals surface area contributed by atoms with Crippen molar-refractivity contribution in [3.63, 3.8) is 0 Å². The second kappa shape index (κ2) is 7.44. The van der Waals surface area contributed by atoms with Crippen LogP contribution in [0.25, 0.3) is 10.4 Å². The molecule has 6 nitrogen and oxygen atoms in total. The van der Waals surface area contributed by atoms with Crippen LogP contribution in [0.4, 0.5) is 5.13 Å². The van der Waals surface area contributed by atoms with Gasteiger partial charge in [0.1, 0.15) is 0 Å². The minimum absolute atomic E-state index is 0.308. The highest BCUT2D eigenvalue weighted by atomic mass is 32.1. The van der Waals surface area contributed by atoms with Crippen molar-refractivity contribution in [3.8, 4) is 0 Å². The van der Waals surface area contributed by atoms with Crippen molar-refractivity contribution < 1.29 is 0 Å². The number of hydrogen-bond donors (Lipinski definition) is 2. The Morgan fingerprint density at radius 3 is 2.90 bits per heavy atom. The molecule has 0 aliphatic heterocycles. The van der Waals surface area contributed by atoms with Crippen molar-refractivity contribution in [2.75, 3.05) is 11.9 Å². The van der Waals surface area contributed by atoms with Gasteiger partial charge in [-0.15, -0.1) is 11.3 Å². The molecule has 1 aromatic carbocycles. The predicted octanol–water partition coefficient (Wildman–Crippen LogP) is 3.48. The van der Waals surface area contributed by atoms with Crippen LogP contribution in [-0.4, -0.2) is 16.6 Å². The van der Waals surface area contributed by atoms with Gasteiger partial charge >= 0.3 is 0 Å². The van der Waals surface area contributed by atoms with Gasteiger partial charge in [-0.3, -0.25) is 0 Å².